The molecule has 4 aromatic rings. The van der Waals surface area contributed by atoms with E-state index in [4.69, 9.17) is 5.11 Å². The molecule has 0 fully saturated rings. The zero-order valence-corrected chi connectivity index (χ0v) is 17.3. The quantitative estimate of drug-likeness (QED) is 0.330. The van der Waals surface area contributed by atoms with Gasteiger partial charge in [-0.15, -0.1) is 0 Å². The standard InChI is InChI=1S/C24H16F5N3O2/c25-17-5-1-14(2-6-17)22-16(12-30-18-7-10-21(26)20(11-18)24(27,28)29)13-32(31-22)19-8-3-15(4-9-19)23(33)34/h1-11,13,30H,12H2,(H,33,34). The molecular weight excluding hydrogens is 457 g/mol. The van der Waals surface area contributed by atoms with Crippen molar-refractivity contribution in [2.75, 3.05) is 5.32 Å². The Morgan fingerprint density at radius 1 is 0.971 bits per heavy atom. The molecule has 1 aromatic heterocycles. The van der Waals surface area contributed by atoms with Gasteiger partial charge in [0.15, 0.2) is 0 Å². The van der Waals surface area contributed by atoms with E-state index in [1.807, 2.05) is 0 Å². The van der Waals surface area contributed by atoms with Gasteiger partial charge in [-0.3, -0.25) is 0 Å². The highest BCUT2D eigenvalue weighted by Crippen LogP contribution is 2.33. The summed E-state index contributed by atoms with van der Waals surface area (Å²) in [5.74, 6) is -2.90. The number of carboxylic acid groups (broad SMARTS) is 1. The number of carboxylic acids is 1. The number of halogens is 5. The number of hydrogen-bond donors (Lipinski definition) is 2. The van der Waals surface area contributed by atoms with Gasteiger partial charge in [-0.25, -0.2) is 18.3 Å². The van der Waals surface area contributed by atoms with Crippen LogP contribution < -0.4 is 5.32 Å². The van der Waals surface area contributed by atoms with E-state index in [2.05, 4.69) is 10.4 Å². The van der Waals surface area contributed by atoms with Crippen LogP contribution in [0.5, 0.6) is 0 Å². The lowest BCUT2D eigenvalue weighted by atomic mass is 10.1. The van der Waals surface area contributed by atoms with Gasteiger partial charge in [-0.1, -0.05) is 0 Å². The van der Waals surface area contributed by atoms with Crippen molar-refractivity contribution < 1.29 is 31.9 Å². The topological polar surface area (TPSA) is 67.2 Å². The molecule has 1 heterocycles. The minimum absolute atomic E-state index is 0.0306. The van der Waals surface area contributed by atoms with E-state index in [-0.39, 0.29) is 17.8 Å². The van der Waals surface area contributed by atoms with Gasteiger partial charge in [0.05, 0.1) is 22.5 Å². The molecule has 0 unspecified atom stereocenters. The average Bonchev–Trinajstić information content (AvgIpc) is 3.22. The molecule has 0 saturated heterocycles. The molecular formula is C24H16F5N3O2. The summed E-state index contributed by atoms with van der Waals surface area (Å²) < 4.78 is 67.6. The Morgan fingerprint density at radius 3 is 2.26 bits per heavy atom. The number of aromatic carboxylic acids is 1. The molecule has 5 nitrogen and oxygen atoms in total. The molecule has 10 heteroatoms. The average molecular weight is 473 g/mol. The van der Waals surface area contributed by atoms with Gasteiger partial charge in [-0.05, 0) is 66.7 Å². The maximum atomic E-state index is 13.6. The monoisotopic (exact) mass is 473 g/mol. The number of alkyl halides is 3. The van der Waals surface area contributed by atoms with Gasteiger partial charge in [0.25, 0.3) is 0 Å². The Kier molecular flexibility index (Phi) is 6.06. The number of nitrogens with one attached hydrogen (secondary N) is 1. The van der Waals surface area contributed by atoms with Gasteiger partial charge in [-0.2, -0.15) is 18.3 Å². The highest BCUT2D eigenvalue weighted by atomic mass is 19.4. The van der Waals surface area contributed by atoms with Crippen LogP contribution in [-0.4, -0.2) is 20.9 Å². The molecule has 0 radical (unpaired) electrons. The van der Waals surface area contributed by atoms with Crippen molar-refractivity contribution in [3.63, 3.8) is 0 Å². The van der Waals surface area contributed by atoms with Crippen LogP contribution in [0.3, 0.4) is 0 Å². The van der Waals surface area contributed by atoms with Crippen molar-refractivity contribution in [1.29, 1.82) is 0 Å². The van der Waals surface area contributed by atoms with Crippen molar-refractivity contribution >= 4 is 11.7 Å². The Hall–Kier alpha value is -4.21. The number of benzene rings is 3. The number of rotatable bonds is 6. The SMILES string of the molecule is O=C(O)c1ccc(-n2cc(CNc3ccc(F)c(C(F)(F)F)c3)c(-c3ccc(F)cc3)n2)cc1. The zero-order valence-electron chi connectivity index (χ0n) is 17.3. The molecule has 0 amide bonds. The Morgan fingerprint density at radius 2 is 1.65 bits per heavy atom. The fraction of sp³-hybridized carbons (Fsp3) is 0.0833. The van der Waals surface area contributed by atoms with Crippen molar-refractivity contribution in [2.24, 2.45) is 0 Å². The van der Waals surface area contributed by atoms with Crippen LogP contribution in [0.25, 0.3) is 16.9 Å². The lowest BCUT2D eigenvalue weighted by molar-refractivity contribution is -0.139. The van der Waals surface area contributed by atoms with Crippen LogP contribution in [0.2, 0.25) is 0 Å². The summed E-state index contributed by atoms with van der Waals surface area (Å²) >= 11 is 0. The van der Waals surface area contributed by atoms with Crippen molar-refractivity contribution in [2.45, 2.75) is 12.7 Å². The predicted octanol–water partition coefficient (Wildman–Crippen LogP) is 6.15. The summed E-state index contributed by atoms with van der Waals surface area (Å²) in [6.45, 7) is 0.0306. The number of nitrogens with zero attached hydrogens (tertiary/aromatic N) is 2. The second kappa shape index (κ2) is 8.97. The van der Waals surface area contributed by atoms with Gasteiger partial charge < -0.3 is 10.4 Å². The lowest BCUT2D eigenvalue weighted by Crippen LogP contribution is -2.09. The first-order chi connectivity index (χ1) is 16.1. The van der Waals surface area contributed by atoms with Crippen LogP contribution in [0.1, 0.15) is 21.5 Å². The van der Waals surface area contributed by atoms with E-state index in [1.54, 1.807) is 18.3 Å². The maximum Gasteiger partial charge on any atom is 0.419 e. The molecule has 2 N–H and O–H groups in total. The summed E-state index contributed by atoms with van der Waals surface area (Å²) in [4.78, 5) is 11.1. The van der Waals surface area contributed by atoms with Crippen molar-refractivity contribution in [3.8, 4) is 16.9 Å². The van der Waals surface area contributed by atoms with Crippen LogP contribution in [0, 0.1) is 11.6 Å². The van der Waals surface area contributed by atoms with Crippen molar-refractivity contribution in [3.05, 3.63) is 101 Å². The smallest absolute Gasteiger partial charge is 0.419 e. The first-order valence-corrected chi connectivity index (χ1v) is 9.90. The van der Waals surface area contributed by atoms with Gasteiger partial charge >= 0.3 is 12.1 Å². The van der Waals surface area contributed by atoms with Gasteiger partial charge in [0.1, 0.15) is 11.6 Å². The van der Waals surface area contributed by atoms with Crippen molar-refractivity contribution in [1.82, 2.24) is 9.78 Å². The summed E-state index contributed by atoms with van der Waals surface area (Å²) in [5.41, 5.74) is 0.867. The van der Waals surface area contributed by atoms with E-state index in [0.717, 1.165) is 6.07 Å². The third-order valence-corrected chi connectivity index (χ3v) is 5.04. The number of hydrogen-bond acceptors (Lipinski definition) is 3. The summed E-state index contributed by atoms with van der Waals surface area (Å²) in [6.07, 6.45) is -3.22. The van der Waals surface area contributed by atoms with E-state index in [9.17, 15) is 26.7 Å². The molecule has 34 heavy (non-hydrogen) atoms. The molecule has 3 aromatic carbocycles. The Balaban J connectivity index is 1.68. The Bertz CT molecular complexity index is 1330. The van der Waals surface area contributed by atoms with E-state index >= 15 is 0 Å². The summed E-state index contributed by atoms with van der Waals surface area (Å²) in [7, 11) is 0. The predicted molar refractivity (Wildman–Crippen MR) is 115 cm³/mol. The van der Waals surface area contributed by atoms with Crippen LogP contribution >= 0.6 is 0 Å². The first kappa shape index (κ1) is 23.0. The fourth-order valence-corrected chi connectivity index (χ4v) is 3.33. The minimum Gasteiger partial charge on any atom is -0.478 e. The van der Waals surface area contributed by atoms with E-state index in [1.165, 1.54) is 47.1 Å². The molecule has 0 aliphatic carbocycles. The second-order valence-corrected chi connectivity index (χ2v) is 7.35. The first-order valence-electron chi connectivity index (χ1n) is 9.90. The third-order valence-electron chi connectivity index (χ3n) is 5.04. The molecule has 0 aliphatic rings. The second-order valence-electron chi connectivity index (χ2n) is 7.35. The number of carbonyl (C=O) groups is 1. The van der Waals surface area contributed by atoms with E-state index < -0.39 is 29.3 Å². The highest BCUT2D eigenvalue weighted by molar-refractivity contribution is 5.87. The zero-order chi connectivity index (χ0) is 24.5. The Labute approximate surface area is 190 Å². The number of anilines is 1. The molecule has 0 aliphatic heterocycles. The molecule has 174 valence electrons. The third kappa shape index (κ3) is 4.90. The fourth-order valence-electron chi connectivity index (χ4n) is 3.33. The maximum absolute atomic E-state index is 13.6. The summed E-state index contributed by atoms with van der Waals surface area (Å²) in [6, 6.07) is 14.1. The number of aromatic nitrogens is 2. The van der Waals surface area contributed by atoms with Gasteiger partial charge in [0, 0.05) is 29.6 Å². The van der Waals surface area contributed by atoms with E-state index in [0.29, 0.717) is 28.6 Å². The molecule has 0 atom stereocenters. The normalized spacial score (nSPS) is 11.4. The van der Waals surface area contributed by atoms with Crippen LogP contribution in [-0.2, 0) is 12.7 Å². The van der Waals surface area contributed by atoms with Crippen LogP contribution in [0.15, 0.2) is 72.9 Å². The lowest BCUT2D eigenvalue weighted by Gasteiger charge is -2.12. The highest BCUT2D eigenvalue weighted by Gasteiger charge is 2.34. The van der Waals surface area contributed by atoms with Crippen LogP contribution in [0.4, 0.5) is 27.6 Å². The molecule has 4 rings (SSSR count). The molecule has 0 bridgehead atoms. The summed E-state index contributed by atoms with van der Waals surface area (Å²) in [5, 5.41) is 16.4. The van der Waals surface area contributed by atoms with Gasteiger partial charge in [0.2, 0.25) is 0 Å². The minimum atomic E-state index is -4.84. The largest absolute Gasteiger partial charge is 0.478 e. The molecule has 0 spiro atoms. The molecule has 0 saturated carbocycles.